The van der Waals surface area contributed by atoms with Gasteiger partial charge in [0.2, 0.25) is 0 Å². The van der Waals surface area contributed by atoms with Crippen molar-refractivity contribution in [2.45, 2.75) is 34.2 Å². The molecule has 25 heavy (non-hydrogen) atoms. The molecule has 0 aliphatic heterocycles. The maximum absolute atomic E-state index is 12.4. The average molecular weight is 345 g/mol. The molecule has 2 rings (SSSR count). The second-order valence-corrected chi connectivity index (χ2v) is 5.63. The van der Waals surface area contributed by atoms with Gasteiger partial charge in [-0.1, -0.05) is 12.1 Å². The Morgan fingerprint density at radius 1 is 1.16 bits per heavy atom. The number of benzene rings is 1. The predicted octanol–water partition coefficient (Wildman–Crippen LogP) is 3.43. The molecular formula is C19H23NO5. The molecule has 6 nitrogen and oxygen atoms in total. The van der Waals surface area contributed by atoms with Crippen LogP contribution < -0.4 is 4.74 Å². The first kappa shape index (κ1) is 18.6. The molecule has 0 aliphatic carbocycles. The number of ether oxygens (including phenoxy) is 2. The lowest BCUT2D eigenvalue weighted by Crippen LogP contribution is -2.15. The normalized spacial score (nSPS) is 10.6. The van der Waals surface area contributed by atoms with Crippen LogP contribution in [0.1, 0.15) is 51.5 Å². The number of hydrogen-bond acceptors (Lipinski definition) is 4. The SMILES string of the molecule is CCOC(=O)c1c(C)c(C(=O)O)c(C)n1Cc1cccc(OCC)c1. The number of carbonyl (C=O) groups is 2. The third-order valence-corrected chi connectivity index (χ3v) is 4.00. The standard InChI is InChI=1S/C19H23NO5/c1-5-24-15-9-7-8-14(10-15)11-20-13(4)16(18(21)22)12(3)17(20)19(23)25-6-2/h7-10H,5-6,11H2,1-4H3,(H,21,22). The van der Waals surface area contributed by atoms with Gasteiger partial charge in [0.25, 0.3) is 0 Å². The molecule has 0 saturated carbocycles. The molecule has 6 heteroatoms. The minimum Gasteiger partial charge on any atom is -0.494 e. The molecule has 0 bridgehead atoms. The Morgan fingerprint density at radius 2 is 1.88 bits per heavy atom. The Balaban J connectivity index is 2.52. The molecule has 0 fully saturated rings. The lowest BCUT2D eigenvalue weighted by atomic mass is 10.1. The minimum atomic E-state index is -1.05. The van der Waals surface area contributed by atoms with Crippen LogP contribution in [0.3, 0.4) is 0 Å². The maximum Gasteiger partial charge on any atom is 0.355 e. The van der Waals surface area contributed by atoms with E-state index in [-0.39, 0.29) is 17.9 Å². The summed E-state index contributed by atoms with van der Waals surface area (Å²) in [5.74, 6) is -0.836. The van der Waals surface area contributed by atoms with Gasteiger partial charge >= 0.3 is 11.9 Å². The van der Waals surface area contributed by atoms with Crippen LogP contribution in [0.4, 0.5) is 0 Å². The first-order valence-corrected chi connectivity index (χ1v) is 8.22. The number of aromatic carboxylic acids is 1. The van der Waals surface area contributed by atoms with Gasteiger partial charge < -0.3 is 19.1 Å². The monoisotopic (exact) mass is 345 g/mol. The summed E-state index contributed by atoms with van der Waals surface area (Å²) < 4.78 is 12.3. The van der Waals surface area contributed by atoms with E-state index in [0.717, 1.165) is 11.3 Å². The van der Waals surface area contributed by atoms with Crippen molar-refractivity contribution in [2.24, 2.45) is 0 Å². The highest BCUT2D eigenvalue weighted by Crippen LogP contribution is 2.25. The summed E-state index contributed by atoms with van der Waals surface area (Å²) in [4.78, 5) is 24.0. The summed E-state index contributed by atoms with van der Waals surface area (Å²) in [6.45, 7) is 8.10. The van der Waals surface area contributed by atoms with E-state index in [0.29, 0.717) is 24.4 Å². The van der Waals surface area contributed by atoms with E-state index >= 15 is 0 Å². The quantitative estimate of drug-likeness (QED) is 0.778. The van der Waals surface area contributed by atoms with Crippen molar-refractivity contribution in [1.29, 1.82) is 0 Å². The summed E-state index contributed by atoms with van der Waals surface area (Å²) in [6, 6.07) is 7.52. The molecule has 0 aliphatic rings. The molecule has 1 heterocycles. The van der Waals surface area contributed by atoms with Crippen molar-refractivity contribution >= 4 is 11.9 Å². The number of esters is 1. The summed E-state index contributed by atoms with van der Waals surface area (Å²) >= 11 is 0. The lowest BCUT2D eigenvalue weighted by molar-refractivity contribution is 0.0513. The summed E-state index contributed by atoms with van der Waals surface area (Å²) in [5, 5.41) is 9.49. The molecule has 1 N–H and O–H groups in total. The van der Waals surface area contributed by atoms with Crippen molar-refractivity contribution in [3.8, 4) is 5.75 Å². The summed E-state index contributed by atoms with van der Waals surface area (Å²) in [7, 11) is 0. The highest BCUT2D eigenvalue weighted by atomic mass is 16.5. The van der Waals surface area contributed by atoms with Gasteiger partial charge in [0.15, 0.2) is 0 Å². The molecule has 1 aromatic carbocycles. The molecule has 0 atom stereocenters. The zero-order chi connectivity index (χ0) is 18.6. The Morgan fingerprint density at radius 3 is 2.48 bits per heavy atom. The van der Waals surface area contributed by atoms with E-state index in [1.165, 1.54) is 0 Å². The van der Waals surface area contributed by atoms with Crippen LogP contribution >= 0.6 is 0 Å². The van der Waals surface area contributed by atoms with Crippen molar-refractivity contribution in [1.82, 2.24) is 4.57 Å². The largest absolute Gasteiger partial charge is 0.494 e. The number of aromatic nitrogens is 1. The molecule has 0 radical (unpaired) electrons. The zero-order valence-corrected chi connectivity index (χ0v) is 15.0. The Labute approximate surface area is 147 Å². The van der Waals surface area contributed by atoms with E-state index < -0.39 is 11.9 Å². The van der Waals surface area contributed by atoms with E-state index in [4.69, 9.17) is 9.47 Å². The number of carboxylic acid groups (broad SMARTS) is 1. The van der Waals surface area contributed by atoms with Crippen molar-refractivity contribution < 1.29 is 24.2 Å². The summed E-state index contributed by atoms with van der Waals surface area (Å²) in [6.07, 6.45) is 0. The molecule has 0 amide bonds. The first-order valence-electron chi connectivity index (χ1n) is 8.22. The molecule has 2 aromatic rings. The molecular weight excluding hydrogens is 322 g/mol. The van der Waals surface area contributed by atoms with E-state index in [9.17, 15) is 14.7 Å². The highest BCUT2D eigenvalue weighted by Gasteiger charge is 2.27. The topological polar surface area (TPSA) is 77.8 Å². The number of nitrogens with zero attached hydrogens (tertiary/aromatic N) is 1. The predicted molar refractivity (Wildman–Crippen MR) is 93.5 cm³/mol. The van der Waals surface area contributed by atoms with E-state index in [1.54, 1.807) is 25.3 Å². The molecule has 1 aromatic heterocycles. The number of hydrogen-bond donors (Lipinski definition) is 1. The van der Waals surface area contributed by atoms with Crippen LogP contribution in [0, 0.1) is 13.8 Å². The fourth-order valence-electron chi connectivity index (χ4n) is 2.95. The van der Waals surface area contributed by atoms with Crippen molar-refractivity contribution in [3.63, 3.8) is 0 Å². The molecule has 0 unspecified atom stereocenters. The van der Waals surface area contributed by atoms with Crippen LogP contribution in [-0.2, 0) is 11.3 Å². The Kier molecular flexibility index (Phi) is 5.85. The van der Waals surface area contributed by atoms with Crippen molar-refractivity contribution in [3.05, 3.63) is 52.3 Å². The Hall–Kier alpha value is -2.76. The van der Waals surface area contributed by atoms with E-state index in [2.05, 4.69) is 0 Å². The van der Waals surface area contributed by atoms with Gasteiger partial charge in [0.1, 0.15) is 11.4 Å². The average Bonchev–Trinajstić information content (AvgIpc) is 2.79. The highest BCUT2D eigenvalue weighted by molar-refractivity contribution is 5.98. The van der Waals surface area contributed by atoms with Crippen LogP contribution in [0.5, 0.6) is 5.75 Å². The van der Waals surface area contributed by atoms with Gasteiger partial charge in [-0.3, -0.25) is 0 Å². The Bertz CT molecular complexity index is 791. The number of rotatable bonds is 7. The smallest absolute Gasteiger partial charge is 0.355 e. The van der Waals surface area contributed by atoms with Crippen molar-refractivity contribution in [2.75, 3.05) is 13.2 Å². The number of carboxylic acids is 1. The van der Waals surface area contributed by atoms with Gasteiger partial charge in [-0.2, -0.15) is 0 Å². The zero-order valence-electron chi connectivity index (χ0n) is 15.0. The fraction of sp³-hybridized carbons (Fsp3) is 0.368. The number of carbonyl (C=O) groups excluding carboxylic acids is 1. The van der Waals surface area contributed by atoms with Gasteiger partial charge in [-0.25, -0.2) is 9.59 Å². The van der Waals surface area contributed by atoms with Gasteiger partial charge in [-0.15, -0.1) is 0 Å². The van der Waals surface area contributed by atoms with Gasteiger partial charge in [-0.05, 0) is 51.0 Å². The van der Waals surface area contributed by atoms with Crippen LogP contribution in [0.2, 0.25) is 0 Å². The summed E-state index contributed by atoms with van der Waals surface area (Å²) in [5.41, 5.74) is 2.27. The maximum atomic E-state index is 12.4. The minimum absolute atomic E-state index is 0.143. The molecule has 134 valence electrons. The second kappa shape index (κ2) is 7.88. The van der Waals surface area contributed by atoms with Crippen LogP contribution in [-0.4, -0.2) is 34.8 Å². The van der Waals surface area contributed by atoms with Crippen LogP contribution in [0.15, 0.2) is 24.3 Å². The third kappa shape index (κ3) is 3.84. The lowest BCUT2D eigenvalue weighted by Gasteiger charge is -2.13. The second-order valence-electron chi connectivity index (χ2n) is 5.63. The first-order chi connectivity index (χ1) is 11.9. The van der Waals surface area contributed by atoms with E-state index in [1.807, 2.05) is 31.2 Å². The third-order valence-electron chi connectivity index (χ3n) is 4.00. The molecule has 0 saturated heterocycles. The fourth-order valence-corrected chi connectivity index (χ4v) is 2.95. The van der Waals surface area contributed by atoms with Gasteiger partial charge in [0, 0.05) is 12.2 Å². The van der Waals surface area contributed by atoms with Crippen LogP contribution in [0.25, 0.3) is 0 Å². The molecule has 0 spiro atoms. The van der Waals surface area contributed by atoms with Gasteiger partial charge in [0.05, 0.1) is 18.8 Å².